The number of benzene rings is 3. The van der Waals surface area contributed by atoms with Crippen LogP contribution >= 0.6 is 0 Å². The van der Waals surface area contributed by atoms with Crippen molar-refractivity contribution in [2.75, 3.05) is 28.4 Å². The number of rotatable bonds is 9. The molecule has 0 N–H and O–H groups in total. The maximum Gasteiger partial charge on any atom is 0.343 e. The van der Waals surface area contributed by atoms with Crippen LogP contribution in [0.25, 0.3) is 6.08 Å². The topological polar surface area (TPSA) is 80.3 Å². The summed E-state index contributed by atoms with van der Waals surface area (Å²) in [6, 6.07) is 18.7. The fourth-order valence-electron chi connectivity index (χ4n) is 3.14. The highest BCUT2D eigenvalue weighted by Crippen LogP contribution is 2.39. The minimum atomic E-state index is -0.648. The van der Waals surface area contributed by atoms with E-state index in [0.29, 0.717) is 11.5 Å². The Bertz CT molecular complexity index is 1150. The van der Waals surface area contributed by atoms with E-state index in [4.69, 9.17) is 23.7 Å². The molecule has 3 rings (SSSR count). The van der Waals surface area contributed by atoms with Crippen molar-refractivity contribution < 1.29 is 33.3 Å². The third kappa shape index (κ3) is 5.33. The monoisotopic (exact) mass is 448 g/mol. The molecule has 0 saturated carbocycles. The molecule has 7 nitrogen and oxygen atoms in total. The second-order valence-electron chi connectivity index (χ2n) is 6.74. The molecule has 0 heterocycles. The SMILES string of the molecule is COC(=Cc1ccccc1)C(=O)c1c(OC(=O)c2ccc(OC)cc2)ccc(OC)c1OC. The van der Waals surface area contributed by atoms with Gasteiger partial charge in [-0.25, -0.2) is 4.79 Å². The molecule has 0 saturated heterocycles. The van der Waals surface area contributed by atoms with E-state index in [1.807, 2.05) is 30.3 Å². The summed E-state index contributed by atoms with van der Waals surface area (Å²) in [4.78, 5) is 26.3. The van der Waals surface area contributed by atoms with E-state index < -0.39 is 11.8 Å². The van der Waals surface area contributed by atoms with Crippen molar-refractivity contribution in [3.8, 4) is 23.0 Å². The van der Waals surface area contributed by atoms with Crippen molar-refractivity contribution in [2.24, 2.45) is 0 Å². The van der Waals surface area contributed by atoms with Gasteiger partial charge in [-0.2, -0.15) is 0 Å². The van der Waals surface area contributed by atoms with Gasteiger partial charge in [0.25, 0.3) is 0 Å². The third-order valence-corrected chi connectivity index (χ3v) is 4.80. The van der Waals surface area contributed by atoms with Crippen molar-refractivity contribution >= 4 is 17.8 Å². The van der Waals surface area contributed by atoms with E-state index in [9.17, 15) is 9.59 Å². The van der Waals surface area contributed by atoms with E-state index in [0.717, 1.165) is 5.56 Å². The van der Waals surface area contributed by atoms with Crippen molar-refractivity contribution in [1.29, 1.82) is 0 Å². The molecule has 170 valence electrons. The Kier molecular flexibility index (Phi) is 7.70. The molecule has 0 unspecified atom stereocenters. The molecule has 0 amide bonds. The van der Waals surface area contributed by atoms with Gasteiger partial charge < -0.3 is 23.7 Å². The average molecular weight is 448 g/mol. The lowest BCUT2D eigenvalue weighted by Crippen LogP contribution is -2.14. The molecule has 0 aliphatic heterocycles. The summed E-state index contributed by atoms with van der Waals surface area (Å²) in [5.41, 5.74) is 1.06. The molecule has 0 bridgehead atoms. The average Bonchev–Trinajstić information content (AvgIpc) is 2.87. The van der Waals surface area contributed by atoms with Crippen molar-refractivity contribution in [3.05, 3.63) is 89.2 Å². The Balaban J connectivity index is 2.05. The van der Waals surface area contributed by atoms with Gasteiger partial charge in [0.2, 0.25) is 5.78 Å². The highest BCUT2D eigenvalue weighted by molar-refractivity contribution is 6.14. The summed E-state index contributed by atoms with van der Waals surface area (Å²) in [6.07, 6.45) is 1.59. The number of carbonyl (C=O) groups excluding carboxylic acids is 2. The van der Waals surface area contributed by atoms with Crippen LogP contribution in [0.2, 0.25) is 0 Å². The first kappa shape index (κ1) is 23.4. The van der Waals surface area contributed by atoms with Crippen molar-refractivity contribution in [3.63, 3.8) is 0 Å². The normalized spacial score (nSPS) is 10.8. The van der Waals surface area contributed by atoms with Crippen LogP contribution in [0.5, 0.6) is 23.0 Å². The van der Waals surface area contributed by atoms with E-state index in [1.54, 1.807) is 36.4 Å². The number of methoxy groups -OCH3 is 4. The number of Topliss-reactive ketones (excluding diaryl/α,β-unsaturated/α-hetero) is 1. The predicted molar refractivity (Wildman–Crippen MR) is 123 cm³/mol. The van der Waals surface area contributed by atoms with Crippen LogP contribution in [-0.4, -0.2) is 40.2 Å². The minimum Gasteiger partial charge on any atom is -0.497 e. The number of hydrogen-bond acceptors (Lipinski definition) is 7. The zero-order valence-electron chi connectivity index (χ0n) is 18.8. The van der Waals surface area contributed by atoms with Gasteiger partial charge in [-0.3, -0.25) is 4.79 Å². The zero-order chi connectivity index (χ0) is 23.8. The number of ether oxygens (including phenoxy) is 5. The lowest BCUT2D eigenvalue weighted by atomic mass is 10.0. The standard InChI is InChI=1S/C26H24O7/c1-29-19-12-10-18(11-13-19)26(28)33-20-14-15-21(30-2)25(32-4)23(20)24(27)22(31-3)16-17-8-6-5-7-9-17/h5-16H,1-4H3. The summed E-state index contributed by atoms with van der Waals surface area (Å²) in [6.45, 7) is 0. The Labute approximate surface area is 192 Å². The molecule has 3 aromatic rings. The molecule has 0 radical (unpaired) electrons. The van der Waals surface area contributed by atoms with E-state index in [-0.39, 0.29) is 28.4 Å². The Morgan fingerprint density at radius 2 is 1.39 bits per heavy atom. The maximum atomic E-state index is 13.5. The summed E-state index contributed by atoms with van der Waals surface area (Å²) in [7, 11) is 5.77. The van der Waals surface area contributed by atoms with Crippen molar-refractivity contribution in [2.45, 2.75) is 0 Å². The number of allylic oxidation sites excluding steroid dienone is 1. The molecule has 0 fully saturated rings. The molecule has 7 heteroatoms. The van der Waals surface area contributed by atoms with E-state index >= 15 is 0 Å². The van der Waals surface area contributed by atoms with Crippen LogP contribution in [0.15, 0.2) is 72.5 Å². The molecular weight excluding hydrogens is 424 g/mol. The van der Waals surface area contributed by atoms with Crippen LogP contribution in [-0.2, 0) is 4.74 Å². The highest BCUT2D eigenvalue weighted by Gasteiger charge is 2.27. The van der Waals surface area contributed by atoms with E-state index in [2.05, 4.69) is 0 Å². The molecule has 3 aromatic carbocycles. The number of ketones is 1. The van der Waals surface area contributed by atoms with Gasteiger partial charge in [0.05, 0.1) is 34.0 Å². The quantitative estimate of drug-likeness (QED) is 0.153. The van der Waals surface area contributed by atoms with Gasteiger partial charge in [-0.05, 0) is 48.0 Å². The third-order valence-electron chi connectivity index (χ3n) is 4.80. The van der Waals surface area contributed by atoms with Gasteiger partial charge in [-0.15, -0.1) is 0 Å². The molecule has 0 aliphatic carbocycles. The molecule has 0 aromatic heterocycles. The summed E-state index contributed by atoms with van der Waals surface area (Å²) in [5.74, 6) is -0.105. The number of hydrogen-bond donors (Lipinski definition) is 0. The largest absolute Gasteiger partial charge is 0.497 e. The second kappa shape index (κ2) is 10.9. The minimum absolute atomic E-state index is 0.00254. The zero-order valence-corrected chi connectivity index (χ0v) is 18.8. The summed E-state index contributed by atoms with van der Waals surface area (Å²) < 4.78 is 26.9. The van der Waals surface area contributed by atoms with Crippen LogP contribution in [0, 0.1) is 0 Å². The highest BCUT2D eigenvalue weighted by atomic mass is 16.5. The Hall–Kier alpha value is -4.26. The predicted octanol–water partition coefficient (Wildman–Crippen LogP) is 4.80. The first-order valence-corrected chi connectivity index (χ1v) is 9.99. The smallest absolute Gasteiger partial charge is 0.343 e. The Morgan fingerprint density at radius 3 is 1.97 bits per heavy atom. The fraction of sp³-hybridized carbons (Fsp3) is 0.154. The van der Waals surface area contributed by atoms with Crippen LogP contribution < -0.4 is 18.9 Å². The Morgan fingerprint density at radius 1 is 0.727 bits per heavy atom. The fourth-order valence-corrected chi connectivity index (χ4v) is 3.14. The van der Waals surface area contributed by atoms with E-state index in [1.165, 1.54) is 34.5 Å². The van der Waals surface area contributed by atoms with Gasteiger partial charge in [0.1, 0.15) is 17.1 Å². The molecule has 0 spiro atoms. The number of esters is 1. The molecular formula is C26H24O7. The number of carbonyl (C=O) groups is 2. The van der Waals surface area contributed by atoms with Gasteiger partial charge in [-0.1, -0.05) is 30.3 Å². The van der Waals surface area contributed by atoms with Gasteiger partial charge in [0.15, 0.2) is 17.3 Å². The first-order chi connectivity index (χ1) is 16.0. The van der Waals surface area contributed by atoms with Crippen molar-refractivity contribution in [1.82, 2.24) is 0 Å². The van der Waals surface area contributed by atoms with Gasteiger partial charge in [0, 0.05) is 0 Å². The lowest BCUT2D eigenvalue weighted by Gasteiger charge is -2.17. The first-order valence-electron chi connectivity index (χ1n) is 9.99. The second-order valence-corrected chi connectivity index (χ2v) is 6.74. The molecule has 0 atom stereocenters. The summed E-state index contributed by atoms with van der Waals surface area (Å²) >= 11 is 0. The molecule has 0 aliphatic rings. The van der Waals surface area contributed by atoms with Crippen LogP contribution in [0.4, 0.5) is 0 Å². The van der Waals surface area contributed by atoms with Crippen LogP contribution in [0.1, 0.15) is 26.3 Å². The maximum absolute atomic E-state index is 13.5. The molecule has 33 heavy (non-hydrogen) atoms. The summed E-state index contributed by atoms with van der Waals surface area (Å²) in [5, 5.41) is 0. The van der Waals surface area contributed by atoms with Gasteiger partial charge >= 0.3 is 5.97 Å². The van der Waals surface area contributed by atoms with Crippen LogP contribution in [0.3, 0.4) is 0 Å². The lowest BCUT2D eigenvalue weighted by molar-refractivity contribution is 0.0731.